The maximum atomic E-state index is 12.2. The van der Waals surface area contributed by atoms with Crippen molar-refractivity contribution in [3.8, 4) is 0 Å². The van der Waals surface area contributed by atoms with Crippen LogP contribution in [-0.2, 0) is 30.6 Å². The molecular formula is C18H26N4OS. The zero-order chi connectivity index (χ0) is 17.3. The van der Waals surface area contributed by atoms with E-state index in [1.807, 2.05) is 6.92 Å². The molecule has 0 aliphatic heterocycles. The van der Waals surface area contributed by atoms with Crippen molar-refractivity contribution in [1.82, 2.24) is 14.8 Å². The number of carbonyl (C=O) groups is 1. The summed E-state index contributed by atoms with van der Waals surface area (Å²) in [7, 11) is 0. The van der Waals surface area contributed by atoms with Crippen molar-refractivity contribution in [2.75, 3.05) is 5.32 Å². The second kappa shape index (κ2) is 7.05. The van der Waals surface area contributed by atoms with Gasteiger partial charge in [-0.2, -0.15) is 5.10 Å². The van der Waals surface area contributed by atoms with Gasteiger partial charge in [0.15, 0.2) is 5.13 Å². The second-order valence-corrected chi connectivity index (χ2v) is 8.10. The van der Waals surface area contributed by atoms with Gasteiger partial charge in [0, 0.05) is 23.5 Å². The Kier molecular flexibility index (Phi) is 5.04. The van der Waals surface area contributed by atoms with Gasteiger partial charge in [-0.25, -0.2) is 4.98 Å². The number of nitrogens with one attached hydrogen (secondary N) is 1. The minimum atomic E-state index is 0.0397. The highest BCUT2D eigenvalue weighted by molar-refractivity contribution is 7.15. The first-order chi connectivity index (χ1) is 11.4. The molecule has 0 radical (unpaired) electrons. The zero-order valence-corrected chi connectivity index (χ0v) is 15.8. The lowest BCUT2D eigenvalue weighted by Gasteiger charge is -2.08. The minimum Gasteiger partial charge on any atom is -0.302 e. The van der Waals surface area contributed by atoms with Gasteiger partial charge in [-0.1, -0.05) is 13.8 Å². The average molecular weight is 347 g/mol. The van der Waals surface area contributed by atoms with Crippen LogP contribution in [0.2, 0.25) is 0 Å². The molecule has 0 spiro atoms. The van der Waals surface area contributed by atoms with Gasteiger partial charge in [0.2, 0.25) is 5.91 Å². The molecule has 1 amide bonds. The topological polar surface area (TPSA) is 59.8 Å². The molecule has 6 heteroatoms. The number of nitrogens with zero attached hydrogens (tertiary/aromatic N) is 3. The number of hydrogen-bond donors (Lipinski definition) is 1. The third-order valence-electron chi connectivity index (χ3n) is 4.51. The lowest BCUT2D eigenvalue weighted by Crippen LogP contribution is -2.13. The van der Waals surface area contributed by atoms with Gasteiger partial charge in [0.1, 0.15) is 0 Å². The van der Waals surface area contributed by atoms with Crippen LogP contribution >= 0.6 is 11.3 Å². The molecule has 0 bridgehead atoms. The van der Waals surface area contributed by atoms with Gasteiger partial charge < -0.3 is 5.32 Å². The summed E-state index contributed by atoms with van der Waals surface area (Å²) in [6.45, 7) is 9.43. The molecule has 1 N–H and O–H groups in total. The molecule has 0 saturated carbocycles. The molecule has 130 valence electrons. The molecule has 1 aliphatic carbocycles. The van der Waals surface area contributed by atoms with Crippen molar-refractivity contribution in [2.45, 2.75) is 66.3 Å². The van der Waals surface area contributed by atoms with E-state index in [-0.39, 0.29) is 5.91 Å². The summed E-state index contributed by atoms with van der Waals surface area (Å²) in [5, 5.41) is 8.34. The summed E-state index contributed by atoms with van der Waals surface area (Å²) in [4.78, 5) is 18.1. The monoisotopic (exact) mass is 346 g/mol. The number of hydrogen-bond acceptors (Lipinski definition) is 4. The Morgan fingerprint density at radius 1 is 1.33 bits per heavy atom. The van der Waals surface area contributed by atoms with E-state index >= 15 is 0 Å². The zero-order valence-electron chi connectivity index (χ0n) is 15.0. The molecule has 24 heavy (non-hydrogen) atoms. The van der Waals surface area contributed by atoms with E-state index in [4.69, 9.17) is 0 Å². The molecular weight excluding hydrogens is 320 g/mol. The number of carbonyl (C=O) groups excluding carboxylic acids is 1. The van der Waals surface area contributed by atoms with Crippen LogP contribution in [0.5, 0.6) is 0 Å². The first kappa shape index (κ1) is 17.1. The lowest BCUT2D eigenvalue weighted by molar-refractivity contribution is -0.116. The average Bonchev–Trinajstić information content (AvgIpc) is 3.12. The van der Waals surface area contributed by atoms with Gasteiger partial charge in [-0.3, -0.25) is 9.48 Å². The highest BCUT2D eigenvalue weighted by Crippen LogP contribution is 2.30. The SMILES string of the molecule is Cc1nn(CC(C)C)c(C)c1CCC(=O)Nc1nc2c(s1)CCC2. The predicted molar refractivity (Wildman–Crippen MR) is 97.6 cm³/mol. The lowest BCUT2D eigenvalue weighted by atomic mass is 10.1. The second-order valence-electron chi connectivity index (χ2n) is 7.02. The minimum absolute atomic E-state index is 0.0397. The number of anilines is 1. The smallest absolute Gasteiger partial charge is 0.226 e. The fourth-order valence-corrected chi connectivity index (χ4v) is 4.35. The summed E-state index contributed by atoms with van der Waals surface area (Å²) in [5.41, 5.74) is 4.60. The number of rotatable bonds is 6. The van der Waals surface area contributed by atoms with Crippen molar-refractivity contribution in [3.05, 3.63) is 27.5 Å². The van der Waals surface area contributed by atoms with E-state index in [0.717, 1.165) is 36.6 Å². The quantitative estimate of drug-likeness (QED) is 0.868. The van der Waals surface area contributed by atoms with Crippen LogP contribution in [0, 0.1) is 19.8 Å². The number of aromatic nitrogens is 3. The van der Waals surface area contributed by atoms with Crippen molar-refractivity contribution < 1.29 is 4.79 Å². The summed E-state index contributed by atoms with van der Waals surface area (Å²) in [6, 6.07) is 0. The fourth-order valence-electron chi connectivity index (χ4n) is 3.28. The molecule has 0 unspecified atom stereocenters. The Morgan fingerprint density at radius 2 is 2.12 bits per heavy atom. The Morgan fingerprint density at radius 3 is 2.83 bits per heavy atom. The highest BCUT2D eigenvalue weighted by Gasteiger charge is 2.18. The largest absolute Gasteiger partial charge is 0.302 e. The Bertz CT molecular complexity index is 723. The molecule has 0 aromatic carbocycles. The summed E-state index contributed by atoms with van der Waals surface area (Å²) < 4.78 is 2.07. The molecule has 0 atom stereocenters. The van der Waals surface area contributed by atoms with E-state index < -0.39 is 0 Å². The van der Waals surface area contributed by atoms with E-state index in [1.165, 1.54) is 28.2 Å². The van der Waals surface area contributed by atoms with E-state index in [9.17, 15) is 4.79 Å². The maximum absolute atomic E-state index is 12.2. The van der Waals surface area contributed by atoms with Crippen molar-refractivity contribution >= 4 is 22.4 Å². The summed E-state index contributed by atoms with van der Waals surface area (Å²) in [5.74, 6) is 0.601. The summed E-state index contributed by atoms with van der Waals surface area (Å²) in [6.07, 6.45) is 4.55. The number of fused-ring (bicyclic) bond motifs is 1. The first-order valence-corrected chi connectivity index (χ1v) is 9.57. The van der Waals surface area contributed by atoms with Crippen LogP contribution in [0.4, 0.5) is 5.13 Å². The first-order valence-electron chi connectivity index (χ1n) is 8.75. The van der Waals surface area contributed by atoms with Gasteiger partial charge in [-0.15, -0.1) is 11.3 Å². The number of amides is 1. The third-order valence-corrected chi connectivity index (χ3v) is 5.59. The van der Waals surface area contributed by atoms with Crippen LogP contribution in [-0.4, -0.2) is 20.7 Å². The highest BCUT2D eigenvalue weighted by atomic mass is 32.1. The Hall–Kier alpha value is -1.69. The maximum Gasteiger partial charge on any atom is 0.226 e. The molecule has 1 aliphatic rings. The summed E-state index contributed by atoms with van der Waals surface area (Å²) >= 11 is 1.63. The van der Waals surface area contributed by atoms with Crippen LogP contribution < -0.4 is 5.32 Å². The van der Waals surface area contributed by atoms with Crippen LogP contribution in [0.25, 0.3) is 0 Å². The molecule has 2 heterocycles. The molecule has 0 fully saturated rings. The number of aryl methyl sites for hydroxylation is 3. The molecule has 2 aromatic rings. The Labute approximate surface area is 147 Å². The van der Waals surface area contributed by atoms with Gasteiger partial charge >= 0.3 is 0 Å². The van der Waals surface area contributed by atoms with Crippen LogP contribution in [0.3, 0.4) is 0 Å². The van der Waals surface area contributed by atoms with E-state index in [2.05, 4.69) is 40.9 Å². The number of thiazole rings is 1. The fraction of sp³-hybridized carbons (Fsp3) is 0.611. The standard InChI is InChI=1S/C18H26N4OS/c1-11(2)10-22-13(4)14(12(3)21-22)8-9-17(23)20-18-19-15-6-5-7-16(15)24-18/h11H,5-10H2,1-4H3,(H,19,20,23). The molecule has 3 rings (SSSR count). The predicted octanol–water partition coefficient (Wildman–Crippen LogP) is 3.67. The van der Waals surface area contributed by atoms with E-state index in [0.29, 0.717) is 12.3 Å². The van der Waals surface area contributed by atoms with Crippen LogP contribution in [0.1, 0.15) is 54.2 Å². The van der Waals surface area contributed by atoms with Crippen molar-refractivity contribution in [1.29, 1.82) is 0 Å². The molecule has 0 saturated heterocycles. The normalized spacial score (nSPS) is 13.5. The van der Waals surface area contributed by atoms with Gasteiger partial charge in [-0.05, 0) is 51.0 Å². The van der Waals surface area contributed by atoms with Gasteiger partial charge in [0.25, 0.3) is 0 Å². The van der Waals surface area contributed by atoms with Crippen LogP contribution in [0.15, 0.2) is 0 Å². The molecule has 5 nitrogen and oxygen atoms in total. The van der Waals surface area contributed by atoms with Gasteiger partial charge in [0.05, 0.1) is 11.4 Å². The van der Waals surface area contributed by atoms with Crippen molar-refractivity contribution in [2.24, 2.45) is 5.92 Å². The Balaban J connectivity index is 1.58. The molecule has 2 aromatic heterocycles. The third kappa shape index (κ3) is 3.69. The van der Waals surface area contributed by atoms with E-state index in [1.54, 1.807) is 11.3 Å². The van der Waals surface area contributed by atoms with Crippen molar-refractivity contribution in [3.63, 3.8) is 0 Å².